The molecule has 1 aromatic rings. The Bertz CT molecular complexity index is 742. The van der Waals surface area contributed by atoms with Crippen molar-refractivity contribution in [1.82, 2.24) is 14.8 Å². The van der Waals surface area contributed by atoms with Crippen LogP contribution < -0.4 is 4.72 Å². The number of nitrogens with zero attached hydrogens (tertiary/aromatic N) is 2. The highest BCUT2D eigenvalue weighted by molar-refractivity contribution is 7.88. The van der Waals surface area contributed by atoms with Crippen LogP contribution in [0.25, 0.3) is 0 Å². The molecule has 8 nitrogen and oxygen atoms in total. The van der Waals surface area contributed by atoms with Gasteiger partial charge in [-0.2, -0.15) is 0 Å². The van der Waals surface area contributed by atoms with Gasteiger partial charge in [0.2, 0.25) is 10.0 Å². The van der Waals surface area contributed by atoms with Gasteiger partial charge in [0, 0.05) is 43.5 Å². The van der Waals surface area contributed by atoms with Crippen molar-refractivity contribution in [2.45, 2.75) is 24.9 Å². The lowest BCUT2D eigenvalue weighted by Crippen LogP contribution is -2.35. The van der Waals surface area contributed by atoms with Gasteiger partial charge in [-0.3, -0.25) is 4.79 Å². The Balaban J connectivity index is 1.39. The van der Waals surface area contributed by atoms with E-state index >= 15 is 0 Å². The maximum absolute atomic E-state index is 12.6. The second-order valence-electron chi connectivity index (χ2n) is 7.02. The normalized spacial score (nSPS) is 29.9. The molecule has 24 heavy (non-hydrogen) atoms. The summed E-state index contributed by atoms with van der Waals surface area (Å²) in [6.07, 6.45) is 3.31. The number of ether oxygens (including phenoxy) is 1. The summed E-state index contributed by atoms with van der Waals surface area (Å²) >= 11 is 0. The molecule has 1 aliphatic carbocycles. The van der Waals surface area contributed by atoms with Gasteiger partial charge in [-0.05, 0) is 12.8 Å². The molecule has 2 aliphatic heterocycles. The molecule has 4 rings (SSSR count). The fourth-order valence-corrected chi connectivity index (χ4v) is 4.06. The highest BCUT2D eigenvalue weighted by atomic mass is 32.2. The molecule has 132 valence electrons. The maximum atomic E-state index is 12.6. The van der Waals surface area contributed by atoms with Gasteiger partial charge in [-0.1, -0.05) is 5.16 Å². The van der Waals surface area contributed by atoms with Gasteiger partial charge in [-0.25, -0.2) is 13.1 Å². The Labute approximate surface area is 140 Å². The molecule has 1 aromatic heterocycles. The molecule has 0 radical (unpaired) electrons. The molecular formula is C15H21N3O5S. The van der Waals surface area contributed by atoms with Gasteiger partial charge in [0.25, 0.3) is 5.91 Å². The Morgan fingerprint density at radius 2 is 2.21 bits per heavy atom. The van der Waals surface area contributed by atoms with Gasteiger partial charge < -0.3 is 14.2 Å². The predicted molar refractivity (Wildman–Crippen MR) is 83.9 cm³/mol. The molecule has 2 saturated heterocycles. The molecule has 0 spiro atoms. The number of nitrogens with one attached hydrogen (secondary N) is 1. The molecule has 0 bridgehead atoms. The van der Waals surface area contributed by atoms with Crippen molar-refractivity contribution in [1.29, 1.82) is 0 Å². The molecule has 1 saturated carbocycles. The summed E-state index contributed by atoms with van der Waals surface area (Å²) < 4.78 is 36.1. The van der Waals surface area contributed by atoms with E-state index in [4.69, 9.17) is 9.26 Å². The van der Waals surface area contributed by atoms with Crippen molar-refractivity contribution in [3.63, 3.8) is 0 Å². The van der Waals surface area contributed by atoms with Gasteiger partial charge in [0.05, 0.1) is 19.0 Å². The second kappa shape index (κ2) is 5.82. The number of aromatic nitrogens is 1. The lowest BCUT2D eigenvalue weighted by atomic mass is 9.93. The first-order chi connectivity index (χ1) is 11.4. The summed E-state index contributed by atoms with van der Waals surface area (Å²) in [6.45, 7) is 1.95. The zero-order valence-corrected chi connectivity index (χ0v) is 14.3. The van der Waals surface area contributed by atoms with Crippen molar-refractivity contribution in [2.75, 3.05) is 32.5 Å². The minimum absolute atomic E-state index is 0.0323. The first-order valence-corrected chi connectivity index (χ1v) is 10.1. The summed E-state index contributed by atoms with van der Waals surface area (Å²) in [7, 11) is -3.22. The van der Waals surface area contributed by atoms with Crippen molar-refractivity contribution in [3.8, 4) is 0 Å². The van der Waals surface area contributed by atoms with E-state index < -0.39 is 10.0 Å². The lowest BCUT2D eigenvalue weighted by Gasteiger charge is -2.19. The number of rotatable bonds is 5. The smallest absolute Gasteiger partial charge is 0.276 e. The van der Waals surface area contributed by atoms with Gasteiger partial charge in [0.15, 0.2) is 5.69 Å². The minimum atomic E-state index is -3.22. The fraction of sp³-hybridized carbons (Fsp3) is 0.733. The molecule has 3 fully saturated rings. The summed E-state index contributed by atoms with van der Waals surface area (Å²) in [6, 6.07) is 1.75. The molecule has 9 heteroatoms. The van der Waals surface area contributed by atoms with Crippen molar-refractivity contribution < 1.29 is 22.5 Å². The molecule has 0 aromatic carbocycles. The lowest BCUT2D eigenvalue weighted by molar-refractivity contribution is 0.0670. The standard InChI is InChI=1S/C15H21N3O5S/c1-24(20,21)16-5-10-8-22-14-7-18(6-11(10)14)15(19)12-4-13(23-17-12)9-2-3-9/h4,9-11,14,16H,2-3,5-8H2,1H3/t10-,11+,14+/m1/s1. The fourth-order valence-electron chi connectivity index (χ4n) is 3.55. The SMILES string of the molecule is CS(=O)(=O)NC[C@@H]1CO[C@H]2CN(C(=O)c3cc(C4CC4)on3)C[C@@H]12. The van der Waals surface area contributed by atoms with Crippen molar-refractivity contribution in [2.24, 2.45) is 11.8 Å². The van der Waals surface area contributed by atoms with E-state index in [2.05, 4.69) is 9.88 Å². The van der Waals surface area contributed by atoms with Gasteiger partial charge in [0.1, 0.15) is 5.76 Å². The third kappa shape index (κ3) is 3.20. The monoisotopic (exact) mass is 355 g/mol. The zero-order chi connectivity index (χ0) is 16.9. The molecule has 0 unspecified atom stereocenters. The largest absolute Gasteiger partial charge is 0.376 e. The summed E-state index contributed by atoms with van der Waals surface area (Å²) in [5.74, 6) is 1.31. The Kier molecular flexibility index (Phi) is 3.89. The highest BCUT2D eigenvalue weighted by Gasteiger charge is 2.45. The molecule has 3 atom stereocenters. The first-order valence-electron chi connectivity index (χ1n) is 8.23. The third-order valence-electron chi connectivity index (χ3n) is 5.06. The van der Waals surface area contributed by atoms with Gasteiger partial charge in [-0.15, -0.1) is 0 Å². The van der Waals surface area contributed by atoms with E-state index in [1.54, 1.807) is 11.0 Å². The van der Waals surface area contributed by atoms with E-state index in [1.165, 1.54) is 0 Å². The zero-order valence-electron chi connectivity index (χ0n) is 13.5. The van der Waals surface area contributed by atoms with Crippen LogP contribution in [-0.2, 0) is 14.8 Å². The minimum Gasteiger partial charge on any atom is -0.376 e. The second-order valence-corrected chi connectivity index (χ2v) is 8.85. The van der Waals surface area contributed by atoms with E-state index in [0.717, 1.165) is 24.9 Å². The molecule has 3 aliphatic rings. The average Bonchev–Trinajstić information content (AvgIpc) is 2.97. The average molecular weight is 355 g/mol. The quantitative estimate of drug-likeness (QED) is 0.809. The Morgan fingerprint density at radius 1 is 1.42 bits per heavy atom. The Hall–Kier alpha value is -1.45. The maximum Gasteiger partial charge on any atom is 0.276 e. The predicted octanol–water partition coefficient (Wildman–Crippen LogP) is 0.188. The number of amides is 1. The van der Waals surface area contributed by atoms with Crippen LogP contribution in [0, 0.1) is 11.8 Å². The number of carbonyl (C=O) groups is 1. The van der Waals surface area contributed by atoms with Gasteiger partial charge >= 0.3 is 0 Å². The van der Waals surface area contributed by atoms with Crippen LogP contribution in [0.5, 0.6) is 0 Å². The number of fused-ring (bicyclic) bond motifs is 1. The first kappa shape index (κ1) is 16.0. The molecular weight excluding hydrogens is 334 g/mol. The molecule has 3 heterocycles. The van der Waals surface area contributed by atoms with Crippen LogP contribution in [0.2, 0.25) is 0 Å². The number of sulfonamides is 1. The van der Waals surface area contributed by atoms with Crippen LogP contribution in [0.3, 0.4) is 0 Å². The number of hydrogen-bond acceptors (Lipinski definition) is 6. The van der Waals surface area contributed by atoms with Crippen LogP contribution in [0.1, 0.15) is 35.0 Å². The van der Waals surface area contributed by atoms with Crippen molar-refractivity contribution in [3.05, 3.63) is 17.5 Å². The van der Waals surface area contributed by atoms with Crippen LogP contribution in [-0.4, -0.2) is 63.0 Å². The van der Waals surface area contributed by atoms with Crippen LogP contribution >= 0.6 is 0 Å². The van der Waals surface area contributed by atoms with E-state index in [0.29, 0.717) is 37.9 Å². The van der Waals surface area contributed by atoms with E-state index in [-0.39, 0.29) is 23.8 Å². The summed E-state index contributed by atoms with van der Waals surface area (Å²) in [5.41, 5.74) is 0.350. The number of likely N-dealkylation sites (tertiary alicyclic amines) is 1. The van der Waals surface area contributed by atoms with Crippen LogP contribution in [0.4, 0.5) is 0 Å². The highest BCUT2D eigenvalue weighted by Crippen LogP contribution is 2.40. The number of hydrogen-bond donors (Lipinski definition) is 1. The molecule has 1 N–H and O–H groups in total. The van der Waals surface area contributed by atoms with Crippen molar-refractivity contribution >= 4 is 15.9 Å². The molecule has 1 amide bonds. The topological polar surface area (TPSA) is 102 Å². The van der Waals surface area contributed by atoms with E-state index in [1.807, 2.05) is 0 Å². The number of carbonyl (C=O) groups excluding carboxylic acids is 1. The van der Waals surface area contributed by atoms with Crippen LogP contribution in [0.15, 0.2) is 10.6 Å². The third-order valence-corrected chi connectivity index (χ3v) is 5.75. The Morgan fingerprint density at radius 3 is 2.92 bits per heavy atom. The summed E-state index contributed by atoms with van der Waals surface area (Å²) in [5, 5.41) is 3.90. The van der Waals surface area contributed by atoms with E-state index in [9.17, 15) is 13.2 Å². The summed E-state index contributed by atoms with van der Waals surface area (Å²) in [4.78, 5) is 14.3.